The molecule has 0 bridgehead atoms. The number of imidazole rings is 2. The molecule has 16 heteroatoms. The Hall–Kier alpha value is -7.07. The number of hydrogen-bond donors (Lipinski definition) is 6. The molecule has 1 saturated heterocycles. The van der Waals surface area contributed by atoms with E-state index >= 15 is 0 Å². The number of nitrogens with zero attached hydrogens (tertiary/aromatic N) is 10. The number of likely N-dealkylation sites (tertiary alicyclic amines) is 1. The third-order valence-electron chi connectivity index (χ3n) is 13.4. The van der Waals surface area contributed by atoms with Crippen LogP contribution in [0.4, 0.5) is 11.9 Å². The number of hydrogen-bond acceptors (Lipinski definition) is 11. The maximum absolute atomic E-state index is 6.46. The van der Waals surface area contributed by atoms with E-state index in [1.807, 2.05) is 23.2 Å². The van der Waals surface area contributed by atoms with Gasteiger partial charge in [-0.2, -0.15) is 15.3 Å². The molecule has 4 aromatic heterocycles. The molecule has 1 atom stereocenters. The molecule has 2 aromatic carbocycles. The highest BCUT2D eigenvalue weighted by molar-refractivity contribution is 5.89. The van der Waals surface area contributed by atoms with E-state index < -0.39 is 0 Å². The van der Waals surface area contributed by atoms with Crippen molar-refractivity contribution in [1.29, 1.82) is 0 Å². The second-order valence-corrected chi connectivity index (χ2v) is 18.2. The molecule has 1 fully saturated rings. The number of amidine groups is 1. The van der Waals surface area contributed by atoms with Gasteiger partial charge in [0.2, 0.25) is 11.9 Å². The number of rotatable bonds is 16. The molecule has 6 heterocycles. The second kappa shape index (κ2) is 20.8. The number of piperidine rings is 1. The summed E-state index contributed by atoms with van der Waals surface area (Å²) < 4.78 is 8.51. The highest BCUT2D eigenvalue weighted by atomic mass is 15.3. The van der Waals surface area contributed by atoms with Crippen LogP contribution in [0.15, 0.2) is 80.0 Å². The molecule has 0 radical (unpaired) electrons. The average Bonchev–Trinajstić information content (AvgIpc) is 4.10. The number of nitrogens with two attached hydrogens (primary N) is 3. The first kappa shape index (κ1) is 47.4. The van der Waals surface area contributed by atoms with E-state index in [0.717, 1.165) is 125 Å². The quantitative estimate of drug-likeness (QED) is 0.0137. The van der Waals surface area contributed by atoms with E-state index in [4.69, 9.17) is 37.5 Å². The van der Waals surface area contributed by atoms with Gasteiger partial charge in [-0.05, 0) is 144 Å². The molecule has 2 aliphatic heterocycles. The van der Waals surface area contributed by atoms with Crippen LogP contribution in [0.3, 0.4) is 0 Å². The average molecular weight is 919 g/mol. The predicted molar refractivity (Wildman–Crippen MR) is 280 cm³/mol. The molecule has 68 heavy (non-hydrogen) atoms. The molecule has 8 rings (SSSR count). The summed E-state index contributed by atoms with van der Waals surface area (Å²) in [5.41, 5.74) is 27.1. The van der Waals surface area contributed by atoms with Gasteiger partial charge in [-0.15, -0.1) is 0 Å². The standard InChI is InChI=1S/C52H70N16/c1-9-67-46(27-33(3)62-67)37(7)57-51-59-44-31-41(35(5)53)29-39-18-20-43(64-23-12-11-13-24-64)21-19-40-30-42(36(6)56-22-16-17-48(54)61-55)32-45-50(40)66(26-15-14-25-65(51)49(39)44)52(60-45)58-38(8)47-28-34(4)63-68(47)10-2/h14-15,27-32,43,56H,5-13,16-26,53,55H2,1-4H3,(H2,54,61)(H,57,59)(H,58,60)/b15-14+. The zero-order chi connectivity index (χ0) is 48.1. The summed E-state index contributed by atoms with van der Waals surface area (Å²) in [4.78, 5) is 13.3. The van der Waals surface area contributed by atoms with Crippen LogP contribution in [0.1, 0.15) is 104 Å². The second-order valence-electron chi connectivity index (χ2n) is 18.2. The number of nitrogens with one attached hydrogen (secondary N) is 3. The maximum atomic E-state index is 6.46. The third kappa shape index (κ3) is 10.2. The van der Waals surface area contributed by atoms with Crippen LogP contribution < -0.4 is 33.3 Å². The molecule has 2 aliphatic rings. The lowest BCUT2D eigenvalue weighted by molar-refractivity contribution is 0.148. The summed E-state index contributed by atoms with van der Waals surface area (Å²) in [7, 11) is 0. The van der Waals surface area contributed by atoms with Gasteiger partial charge < -0.3 is 47.3 Å². The first-order chi connectivity index (χ1) is 32.8. The molecular weight excluding hydrogens is 849 g/mol. The van der Waals surface area contributed by atoms with Crippen molar-refractivity contribution in [3.63, 3.8) is 0 Å². The lowest BCUT2D eigenvalue weighted by Crippen LogP contribution is -2.39. The number of aryl methyl sites for hydroxylation is 6. The number of allylic oxidation sites excluding steroid dienone is 2. The van der Waals surface area contributed by atoms with Crippen LogP contribution in [0.5, 0.6) is 0 Å². The van der Waals surface area contributed by atoms with E-state index in [1.54, 1.807) is 0 Å². The number of benzene rings is 2. The summed E-state index contributed by atoms with van der Waals surface area (Å²) in [6.45, 7) is 31.2. The van der Waals surface area contributed by atoms with Crippen molar-refractivity contribution in [2.24, 2.45) is 22.4 Å². The van der Waals surface area contributed by atoms with Crippen LogP contribution >= 0.6 is 0 Å². The molecule has 6 aromatic rings. The van der Waals surface area contributed by atoms with Crippen LogP contribution in [0, 0.1) is 13.8 Å². The van der Waals surface area contributed by atoms with Gasteiger partial charge in [-0.25, -0.2) is 9.97 Å². The summed E-state index contributed by atoms with van der Waals surface area (Å²) in [6, 6.07) is 13.2. The van der Waals surface area contributed by atoms with Gasteiger partial charge in [0, 0.05) is 56.6 Å². The SMILES string of the molecule is C=C(N)c1cc2c3c(c1)nc(NC(=C)c1cc(C)nn1CC)n3C/C=C/Cn1c(NC(=C)c3cc(C)nn3CC)nc3cc(C(=C)NCCCC(N)=NN)cc(c31)CCC(N1CCCCC1)CC2. The first-order valence-electron chi connectivity index (χ1n) is 24.2. The van der Waals surface area contributed by atoms with E-state index in [2.05, 4.69) is 124 Å². The Kier molecular flexibility index (Phi) is 14.5. The molecule has 0 amide bonds. The number of hydrazone groups is 1. The van der Waals surface area contributed by atoms with E-state index in [9.17, 15) is 0 Å². The molecule has 9 N–H and O–H groups in total. The Labute approximate surface area is 400 Å². The molecule has 0 aliphatic carbocycles. The molecule has 358 valence electrons. The first-order valence-corrected chi connectivity index (χ1v) is 24.2. The smallest absolute Gasteiger partial charge is 0.208 e. The lowest BCUT2D eigenvalue weighted by Gasteiger charge is -2.35. The van der Waals surface area contributed by atoms with E-state index in [-0.39, 0.29) is 0 Å². The fraction of sp³-hybridized carbons (Fsp3) is 0.404. The largest absolute Gasteiger partial charge is 0.399 e. The Morgan fingerprint density at radius 2 is 1.22 bits per heavy atom. The summed E-state index contributed by atoms with van der Waals surface area (Å²) >= 11 is 0. The Bertz CT molecular complexity index is 2910. The normalized spacial score (nSPS) is 16.6. The minimum Gasteiger partial charge on any atom is -0.399 e. The van der Waals surface area contributed by atoms with Crippen LogP contribution in [-0.4, -0.2) is 75.1 Å². The van der Waals surface area contributed by atoms with Crippen molar-refractivity contribution in [2.45, 2.75) is 118 Å². The third-order valence-corrected chi connectivity index (χ3v) is 13.4. The van der Waals surface area contributed by atoms with E-state index in [0.29, 0.717) is 62.1 Å². The van der Waals surface area contributed by atoms with E-state index in [1.165, 1.54) is 30.4 Å². The highest BCUT2D eigenvalue weighted by Crippen LogP contribution is 2.34. The summed E-state index contributed by atoms with van der Waals surface area (Å²) in [6.07, 6.45) is 13.1. The summed E-state index contributed by atoms with van der Waals surface area (Å²) in [5, 5.41) is 23.9. The van der Waals surface area contributed by atoms with Crippen molar-refractivity contribution >= 4 is 62.6 Å². The molecule has 16 nitrogen and oxygen atoms in total. The van der Waals surface area contributed by atoms with Crippen LogP contribution in [0.2, 0.25) is 0 Å². The van der Waals surface area contributed by atoms with Crippen molar-refractivity contribution in [3.8, 4) is 0 Å². The van der Waals surface area contributed by atoms with Gasteiger partial charge >= 0.3 is 0 Å². The predicted octanol–water partition coefficient (Wildman–Crippen LogP) is 8.09. The zero-order valence-electron chi connectivity index (χ0n) is 40.5. The summed E-state index contributed by atoms with van der Waals surface area (Å²) in [5.74, 6) is 7.23. The molecule has 0 saturated carbocycles. The van der Waals surface area contributed by atoms with Gasteiger partial charge in [0.15, 0.2) is 0 Å². The topological polar surface area (TPSA) is 201 Å². The highest BCUT2D eigenvalue weighted by Gasteiger charge is 2.26. The van der Waals surface area contributed by atoms with Gasteiger partial charge in [0.1, 0.15) is 5.84 Å². The number of anilines is 2. The minimum absolute atomic E-state index is 0.325. The maximum Gasteiger partial charge on any atom is 0.208 e. The minimum atomic E-state index is 0.325. The van der Waals surface area contributed by atoms with Crippen LogP contribution in [-0.2, 0) is 39.0 Å². The van der Waals surface area contributed by atoms with Gasteiger partial charge in [0.05, 0.1) is 56.2 Å². The fourth-order valence-electron chi connectivity index (χ4n) is 9.93. The Morgan fingerprint density at radius 3 is 1.72 bits per heavy atom. The van der Waals surface area contributed by atoms with Gasteiger partial charge in [-0.3, -0.25) is 9.36 Å². The van der Waals surface area contributed by atoms with Gasteiger partial charge in [0.25, 0.3) is 0 Å². The lowest BCUT2D eigenvalue weighted by atomic mass is 9.93. The molecular formula is C52H70N16. The monoisotopic (exact) mass is 919 g/mol. The fourth-order valence-corrected chi connectivity index (χ4v) is 9.93. The molecule has 1 unspecified atom stereocenters. The van der Waals surface area contributed by atoms with Gasteiger partial charge in [-0.1, -0.05) is 44.9 Å². The number of aromatic nitrogens is 8. The zero-order valence-corrected chi connectivity index (χ0v) is 40.5. The van der Waals surface area contributed by atoms with Crippen LogP contribution in [0.25, 0.3) is 44.9 Å². The van der Waals surface area contributed by atoms with Crippen molar-refractivity contribution in [2.75, 3.05) is 30.3 Å². The Balaban J connectivity index is 1.25. The van der Waals surface area contributed by atoms with Crippen molar-refractivity contribution in [1.82, 2.24) is 48.9 Å². The van der Waals surface area contributed by atoms with Crippen molar-refractivity contribution in [3.05, 3.63) is 120 Å². The Morgan fingerprint density at radius 1 is 0.706 bits per heavy atom. The van der Waals surface area contributed by atoms with Crippen molar-refractivity contribution < 1.29 is 0 Å². The molecule has 0 spiro atoms.